The molecule has 0 spiro atoms. The molecule has 0 aliphatic heterocycles. The van der Waals surface area contributed by atoms with Gasteiger partial charge < -0.3 is 10.6 Å². The van der Waals surface area contributed by atoms with Gasteiger partial charge in [-0.1, -0.05) is 26.0 Å². The maximum atomic E-state index is 11.5. The van der Waals surface area contributed by atoms with Crippen LogP contribution in [0.1, 0.15) is 25.8 Å². The zero-order chi connectivity index (χ0) is 11.8. The molecule has 0 saturated heterocycles. The van der Waals surface area contributed by atoms with E-state index in [1.807, 2.05) is 31.2 Å². The minimum absolute atomic E-state index is 0.0604. The minimum Gasteiger partial charge on any atom is -0.326 e. The predicted octanol–water partition coefficient (Wildman–Crippen LogP) is 2.19. The van der Waals surface area contributed by atoms with Crippen molar-refractivity contribution in [2.24, 2.45) is 0 Å². The molecular formula is C13H20N2O. The summed E-state index contributed by atoms with van der Waals surface area (Å²) < 4.78 is 0. The third-order valence-electron chi connectivity index (χ3n) is 2.42. The minimum atomic E-state index is 0.0604. The molecule has 0 saturated carbocycles. The summed E-state index contributed by atoms with van der Waals surface area (Å²) in [6.07, 6.45) is 1.54. The fourth-order valence-electron chi connectivity index (χ4n) is 1.43. The molecule has 0 aliphatic carbocycles. The lowest BCUT2D eigenvalue weighted by atomic mass is 10.1. The van der Waals surface area contributed by atoms with Gasteiger partial charge in [0, 0.05) is 18.7 Å². The number of rotatable bonds is 6. The van der Waals surface area contributed by atoms with E-state index in [0.717, 1.165) is 25.2 Å². The summed E-state index contributed by atoms with van der Waals surface area (Å²) in [5.74, 6) is 0.0604. The Morgan fingerprint density at radius 3 is 2.44 bits per heavy atom. The summed E-state index contributed by atoms with van der Waals surface area (Å²) >= 11 is 0. The quantitative estimate of drug-likeness (QED) is 0.721. The smallest absolute Gasteiger partial charge is 0.225 e. The van der Waals surface area contributed by atoms with Crippen LogP contribution in [0.4, 0.5) is 5.69 Å². The van der Waals surface area contributed by atoms with Crippen molar-refractivity contribution < 1.29 is 4.79 Å². The summed E-state index contributed by atoms with van der Waals surface area (Å²) in [6, 6.07) is 7.98. The number of anilines is 1. The van der Waals surface area contributed by atoms with Gasteiger partial charge in [0.05, 0.1) is 0 Å². The first-order chi connectivity index (χ1) is 7.76. The van der Waals surface area contributed by atoms with Gasteiger partial charge >= 0.3 is 0 Å². The third kappa shape index (κ3) is 4.45. The van der Waals surface area contributed by atoms with Gasteiger partial charge in [-0.15, -0.1) is 0 Å². The van der Waals surface area contributed by atoms with Crippen molar-refractivity contribution in [3.8, 4) is 0 Å². The molecule has 0 bridgehead atoms. The Hall–Kier alpha value is -1.35. The number of nitrogens with one attached hydrogen (secondary N) is 2. The number of hydrogen-bond donors (Lipinski definition) is 2. The Morgan fingerprint density at radius 1 is 1.19 bits per heavy atom. The highest BCUT2D eigenvalue weighted by atomic mass is 16.1. The van der Waals surface area contributed by atoms with E-state index in [1.54, 1.807) is 0 Å². The van der Waals surface area contributed by atoms with E-state index in [9.17, 15) is 4.79 Å². The molecule has 16 heavy (non-hydrogen) atoms. The molecule has 1 amide bonds. The van der Waals surface area contributed by atoms with Gasteiger partial charge in [-0.05, 0) is 30.7 Å². The Morgan fingerprint density at radius 2 is 1.88 bits per heavy atom. The molecule has 1 aromatic carbocycles. The van der Waals surface area contributed by atoms with Crippen LogP contribution in [0.2, 0.25) is 0 Å². The largest absolute Gasteiger partial charge is 0.326 e. The Labute approximate surface area is 97.2 Å². The maximum absolute atomic E-state index is 11.5. The standard InChI is InChI=1S/C13H20N2O/c1-3-11-5-7-12(8-6-11)15-13(16)9-10-14-4-2/h5-8,14H,3-4,9-10H2,1-2H3,(H,15,16). The fraction of sp³-hybridized carbons (Fsp3) is 0.462. The molecule has 0 aliphatic rings. The van der Waals surface area contributed by atoms with Crippen LogP contribution < -0.4 is 10.6 Å². The van der Waals surface area contributed by atoms with Crippen LogP contribution in [-0.2, 0) is 11.2 Å². The number of aryl methyl sites for hydroxylation is 1. The topological polar surface area (TPSA) is 41.1 Å². The summed E-state index contributed by atoms with van der Waals surface area (Å²) in [7, 11) is 0. The average molecular weight is 220 g/mol. The first-order valence-electron chi connectivity index (χ1n) is 5.85. The third-order valence-corrected chi connectivity index (χ3v) is 2.42. The van der Waals surface area contributed by atoms with Gasteiger partial charge in [0.15, 0.2) is 0 Å². The summed E-state index contributed by atoms with van der Waals surface area (Å²) in [6.45, 7) is 5.78. The molecule has 3 heteroatoms. The van der Waals surface area contributed by atoms with E-state index in [-0.39, 0.29) is 5.91 Å². The molecule has 0 unspecified atom stereocenters. The Bertz CT molecular complexity index is 319. The molecular weight excluding hydrogens is 200 g/mol. The number of amides is 1. The molecule has 3 nitrogen and oxygen atoms in total. The lowest BCUT2D eigenvalue weighted by molar-refractivity contribution is -0.116. The van der Waals surface area contributed by atoms with Crippen LogP contribution in [0.5, 0.6) is 0 Å². The van der Waals surface area contributed by atoms with E-state index in [1.165, 1.54) is 5.56 Å². The van der Waals surface area contributed by atoms with Crippen LogP contribution in [-0.4, -0.2) is 19.0 Å². The van der Waals surface area contributed by atoms with Crippen LogP contribution in [0, 0.1) is 0 Å². The zero-order valence-electron chi connectivity index (χ0n) is 10.0. The van der Waals surface area contributed by atoms with E-state index in [4.69, 9.17) is 0 Å². The summed E-state index contributed by atoms with van der Waals surface area (Å²) in [5, 5.41) is 6.00. The van der Waals surface area contributed by atoms with Crippen molar-refractivity contribution in [2.75, 3.05) is 18.4 Å². The van der Waals surface area contributed by atoms with Gasteiger partial charge in [-0.2, -0.15) is 0 Å². The first kappa shape index (κ1) is 12.7. The van der Waals surface area contributed by atoms with Gasteiger partial charge in [-0.3, -0.25) is 4.79 Å². The van der Waals surface area contributed by atoms with Crippen molar-refractivity contribution in [3.05, 3.63) is 29.8 Å². The van der Waals surface area contributed by atoms with Crippen molar-refractivity contribution in [2.45, 2.75) is 26.7 Å². The predicted molar refractivity (Wildman–Crippen MR) is 67.6 cm³/mol. The SMILES string of the molecule is CCNCCC(=O)Nc1ccc(CC)cc1. The molecule has 0 atom stereocenters. The highest BCUT2D eigenvalue weighted by molar-refractivity contribution is 5.90. The van der Waals surface area contributed by atoms with Crippen molar-refractivity contribution in [3.63, 3.8) is 0 Å². The van der Waals surface area contributed by atoms with E-state index >= 15 is 0 Å². The van der Waals surface area contributed by atoms with Crippen molar-refractivity contribution in [1.82, 2.24) is 5.32 Å². The van der Waals surface area contributed by atoms with Gasteiger partial charge in [0.2, 0.25) is 5.91 Å². The van der Waals surface area contributed by atoms with Crippen molar-refractivity contribution in [1.29, 1.82) is 0 Å². The monoisotopic (exact) mass is 220 g/mol. The number of benzene rings is 1. The van der Waals surface area contributed by atoms with Gasteiger partial charge in [0.1, 0.15) is 0 Å². The zero-order valence-corrected chi connectivity index (χ0v) is 10.0. The molecule has 0 fully saturated rings. The molecule has 0 heterocycles. The summed E-state index contributed by atoms with van der Waals surface area (Å²) in [5.41, 5.74) is 2.16. The van der Waals surface area contributed by atoms with E-state index < -0.39 is 0 Å². The lowest BCUT2D eigenvalue weighted by Crippen LogP contribution is -2.21. The highest BCUT2D eigenvalue weighted by Crippen LogP contribution is 2.09. The van der Waals surface area contributed by atoms with Crippen LogP contribution in [0.25, 0.3) is 0 Å². The number of hydrogen-bond acceptors (Lipinski definition) is 2. The normalized spacial score (nSPS) is 10.1. The van der Waals surface area contributed by atoms with E-state index in [2.05, 4.69) is 17.6 Å². The molecule has 0 radical (unpaired) electrons. The van der Waals surface area contributed by atoms with Crippen molar-refractivity contribution >= 4 is 11.6 Å². The summed E-state index contributed by atoms with van der Waals surface area (Å²) in [4.78, 5) is 11.5. The van der Waals surface area contributed by atoms with Gasteiger partial charge in [0.25, 0.3) is 0 Å². The van der Waals surface area contributed by atoms with Gasteiger partial charge in [-0.25, -0.2) is 0 Å². The molecule has 1 aromatic rings. The molecule has 88 valence electrons. The molecule has 1 rings (SSSR count). The second-order valence-electron chi connectivity index (χ2n) is 3.70. The Kier molecular flexibility index (Phi) is 5.57. The van der Waals surface area contributed by atoms with E-state index in [0.29, 0.717) is 6.42 Å². The second kappa shape index (κ2) is 7.01. The van der Waals surface area contributed by atoms with Crippen LogP contribution in [0.3, 0.4) is 0 Å². The highest BCUT2D eigenvalue weighted by Gasteiger charge is 2.01. The van der Waals surface area contributed by atoms with Crippen LogP contribution in [0.15, 0.2) is 24.3 Å². The second-order valence-corrected chi connectivity index (χ2v) is 3.70. The number of carbonyl (C=O) groups excluding carboxylic acids is 1. The lowest BCUT2D eigenvalue weighted by Gasteiger charge is -2.06. The van der Waals surface area contributed by atoms with Crippen LogP contribution >= 0.6 is 0 Å². The maximum Gasteiger partial charge on any atom is 0.225 e. The first-order valence-corrected chi connectivity index (χ1v) is 5.85. The average Bonchev–Trinajstić information content (AvgIpc) is 2.30. The number of carbonyl (C=O) groups is 1. The molecule has 2 N–H and O–H groups in total. The Balaban J connectivity index is 2.37. The fourth-order valence-corrected chi connectivity index (χ4v) is 1.43. The molecule has 0 aromatic heterocycles.